The van der Waals surface area contributed by atoms with Crippen molar-refractivity contribution in [1.29, 1.82) is 0 Å². The largest absolute Gasteiger partial charge is 0.397 e. The number of benzene rings is 1. The van der Waals surface area contributed by atoms with E-state index in [1.807, 2.05) is 19.1 Å². The number of pyridine rings is 1. The summed E-state index contributed by atoms with van der Waals surface area (Å²) >= 11 is 5.99. The molecule has 1 aromatic carbocycles. The summed E-state index contributed by atoms with van der Waals surface area (Å²) in [4.78, 5) is 4.29. The molecule has 2 rings (SSSR count). The van der Waals surface area contributed by atoms with Crippen LogP contribution in [0.4, 0.5) is 11.5 Å². The van der Waals surface area contributed by atoms with E-state index in [1.165, 1.54) is 0 Å². The lowest BCUT2D eigenvalue weighted by molar-refractivity contribution is 0.271. The summed E-state index contributed by atoms with van der Waals surface area (Å²) in [6.07, 6.45) is 2.50. The molecule has 0 aliphatic heterocycles. The van der Waals surface area contributed by atoms with Crippen molar-refractivity contribution in [2.45, 2.75) is 19.4 Å². The molecule has 0 saturated carbocycles. The Labute approximate surface area is 111 Å². The van der Waals surface area contributed by atoms with Gasteiger partial charge >= 0.3 is 0 Å². The smallest absolute Gasteiger partial charge is 0.134 e. The minimum atomic E-state index is -0.0139. The Bertz CT molecular complexity index is 555. The van der Waals surface area contributed by atoms with E-state index in [1.54, 1.807) is 12.3 Å². The summed E-state index contributed by atoms with van der Waals surface area (Å²) in [6, 6.07) is 5.46. The van der Waals surface area contributed by atoms with Crippen LogP contribution in [0.3, 0.4) is 0 Å². The number of aromatic nitrogens is 1. The molecular formula is C13H16ClN3O. The van der Waals surface area contributed by atoms with Crippen molar-refractivity contribution in [1.82, 2.24) is 4.98 Å². The highest BCUT2D eigenvalue weighted by Gasteiger charge is 2.10. The maximum Gasteiger partial charge on any atom is 0.134 e. The maximum atomic E-state index is 9.22. The number of nitrogens with zero attached hydrogens (tertiary/aromatic N) is 1. The van der Waals surface area contributed by atoms with Gasteiger partial charge in [0.05, 0.1) is 23.4 Å². The molecule has 0 spiro atoms. The molecule has 18 heavy (non-hydrogen) atoms. The monoisotopic (exact) mass is 265 g/mol. The van der Waals surface area contributed by atoms with Crippen LogP contribution in [0.2, 0.25) is 5.02 Å². The van der Waals surface area contributed by atoms with E-state index in [0.717, 1.165) is 23.0 Å². The average molecular weight is 266 g/mol. The number of nitrogen functional groups attached to an aromatic ring is 1. The SMILES string of the molecule is CCC(CO)Nc1nccc2c(N)c(Cl)ccc12. The third-order valence-corrected chi connectivity index (χ3v) is 3.32. The quantitative estimate of drug-likeness (QED) is 0.743. The number of nitrogens with two attached hydrogens (primary N) is 1. The van der Waals surface area contributed by atoms with Gasteiger partial charge in [0.25, 0.3) is 0 Å². The van der Waals surface area contributed by atoms with Gasteiger partial charge in [-0.2, -0.15) is 0 Å². The van der Waals surface area contributed by atoms with Crippen molar-refractivity contribution in [3.8, 4) is 0 Å². The molecule has 1 atom stereocenters. The van der Waals surface area contributed by atoms with Crippen LogP contribution < -0.4 is 11.1 Å². The standard InChI is InChI=1S/C13H16ClN3O/c1-2-8(7-18)17-13-10-3-4-11(14)12(15)9(10)5-6-16-13/h3-6,8,18H,2,7,15H2,1H3,(H,16,17). The fourth-order valence-electron chi connectivity index (χ4n) is 1.84. The molecule has 1 unspecified atom stereocenters. The molecule has 0 radical (unpaired) electrons. The van der Waals surface area contributed by atoms with Gasteiger partial charge in [-0.1, -0.05) is 18.5 Å². The lowest BCUT2D eigenvalue weighted by Crippen LogP contribution is -2.23. The van der Waals surface area contributed by atoms with Gasteiger partial charge in [-0.15, -0.1) is 0 Å². The second-order valence-electron chi connectivity index (χ2n) is 4.15. The summed E-state index contributed by atoms with van der Waals surface area (Å²) in [5.74, 6) is 0.719. The Hall–Kier alpha value is -1.52. The lowest BCUT2D eigenvalue weighted by Gasteiger charge is -2.16. The van der Waals surface area contributed by atoms with Gasteiger partial charge in [0.15, 0.2) is 0 Å². The Balaban J connectivity index is 2.49. The molecule has 0 amide bonds. The second-order valence-corrected chi connectivity index (χ2v) is 4.56. The van der Waals surface area contributed by atoms with Crippen LogP contribution >= 0.6 is 11.6 Å². The van der Waals surface area contributed by atoms with Crippen LogP contribution in [0.25, 0.3) is 10.8 Å². The predicted molar refractivity (Wildman–Crippen MR) is 76.0 cm³/mol. The first-order valence-electron chi connectivity index (χ1n) is 5.87. The van der Waals surface area contributed by atoms with Crippen LogP contribution in [-0.4, -0.2) is 22.7 Å². The second kappa shape index (κ2) is 5.42. The highest BCUT2D eigenvalue weighted by atomic mass is 35.5. The molecule has 2 aromatic rings. The van der Waals surface area contributed by atoms with Crippen molar-refractivity contribution in [3.63, 3.8) is 0 Å². The van der Waals surface area contributed by atoms with Crippen molar-refractivity contribution in [2.75, 3.05) is 17.7 Å². The number of aliphatic hydroxyl groups excluding tert-OH is 1. The van der Waals surface area contributed by atoms with Crippen molar-refractivity contribution < 1.29 is 5.11 Å². The minimum Gasteiger partial charge on any atom is -0.397 e. The fraction of sp³-hybridized carbons (Fsp3) is 0.308. The van der Waals surface area contributed by atoms with Crippen molar-refractivity contribution in [2.24, 2.45) is 0 Å². The van der Waals surface area contributed by atoms with E-state index in [9.17, 15) is 5.11 Å². The summed E-state index contributed by atoms with van der Waals surface area (Å²) in [6.45, 7) is 2.07. The molecule has 1 heterocycles. The number of aliphatic hydroxyl groups is 1. The Morgan fingerprint density at radius 3 is 2.83 bits per heavy atom. The van der Waals surface area contributed by atoms with Gasteiger partial charge < -0.3 is 16.2 Å². The Morgan fingerprint density at radius 1 is 1.39 bits per heavy atom. The first-order chi connectivity index (χ1) is 8.67. The fourth-order valence-corrected chi connectivity index (χ4v) is 2.00. The van der Waals surface area contributed by atoms with Crippen LogP contribution in [0.5, 0.6) is 0 Å². The first-order valence-corrected chi connectivity index (χ1v) is 6.25. The number of nitrogens with one attached hydrogen (secondary N) is 1. The summed E-state index contributed by atoms with van der Waals surface area (Å²) in [7, 11) is 0. The summed E-state index contributed by atoms with van der Waals surface area (Å²) < 4.78 is 0. The molecule has 0 bridgehead atoms. The van der Waals surface area contributed by atoms with E-state index < -0.39 is 0 Å². The van der Waals surface area contributed by atoms with Crippen molar-refractivity contribution >= 4 is 33.9 Å². The molecule has 4 N–H and O–H groups in total. The number of hydrogen-bond donors (Lipinski definition) is 3. The molecular weight excluding hydrogens is 250 g/mol. The number of anilines is 2. The lowest BCUT2D eigenvalue weighted by atomic mass is 10.1. The zero-order chi connectivity index (χ0) is 13.1. The number of fused-ring (bicyclic) bond motifs is 1. The Kier molecular flexibility index (Phi) is 3.89. The Morgan fingerprint density at radius 2 is 2.17 bits per heavy atom. The normalized spacial score (nSPS) is 12.6. The zero-order valence-electron chi connectivity index (χ0n) is 10.2. The molecule has 0 aliphatic rings. The summed E-state index contributed by atoms with van der Waals surface area (Å²) in [5.41, 5.74) is 6.50. The minimum absolute atomic E-state index is 0.0139. The van der Waals surface area contributed by atoms with Gasteiger partial charge in [0.2, 0.25) is 0 Å². The van der Waals surface area contributed by atoms with Crippen LogP contribution in [-0.2, 0) is 0 Å². The molecule has 0 saturated heterocycles. The third kappa shape index (κ3) is 2.35. The van der Waals surface area contributed by atoms with Gasteiger partial charge in [-0.25, -0.2) is 4.98 Å². The molecule has 1 aromatic heterocycles. The van der Waals surface area contributed by atoms with E-state index in [2.05, 4.69) is 10.3 Å². The highest BCUT2D eigenvalue weighted by Crippen LogP contribution is 2.31. The van der Waals surface area contributed by atoms with Gasteiger partial charge in [0, 0.05) is 17.0 Å². The number of halogens is 1. The van der Waals surface area contributed by atoms with E-state index in [-0.39, 0.29) is 12.6 Å². The molecule has 0 aliphatic carbocycles. The third-order valence-electron chi connectivity index (χ3n) is 2.99. The zero-order valence-corrected chi connectivity index (χ0v) is 10.9. The molecule has 5 heteroatoms. The summed E-state index contributed by atoms with van der Waals surface area (Å²) in [5, 5.41) is 14.7. The van der Waals surface area contributed by atoms with Crippen molar-refractivity contribution in [3.05, 3.63) is 29.4 Å². The van der Waals surface area contributed by atoms with E-state index >= 15 is 0 Å². The predicted octanol–water partition coefficient (Wildman–Crippen LogP) is 2.65. The molecule has 96 valence electrons. The van der Waals surface area contributed by atoms with Crippen LogP contribution in [0.15, 0.2) is 24.4 Å². The maximum absolute atomic E-state index is 9.22. The first kappa shape index (κ1) is 12.9. The number of rotatable bonds is 4. The number of hydrogen-bond acceptors (Lipinski definition) is 4. The van der Waals surface area contributed by atoms with Crippen LogP contribution in [0.1, 0.15) is 13.3 Å². The van der Waals surface area contributed by atoms with E-state index in [4.69, 9.17) is 17.3 Å². The average Bonchev–Trinajstić information content (AvgIpc) is 2.40. The van der Waals surface area contributed by atoms with Gasteiger partial charge in [-0.3, -0.25) is 0 Å². The molecule has 4 nitrogen and oxygen atoms in total. The topological polar surface area (TPSA) is 71.2 Å². The highest BCUT2D eigenvalue weighted by molar-refractivity contribution is 6.34. The van der Waals surface area contributed by atoms with Gasteiger partial charge in [0.1, 0.15) is 5.82 Å². The van der Waals surface area contributed by atoms with Gasteiger partial charge in [-0.05, 0) is 24.6 Å². The molecule has 0 fully saturated rings. The van der Waals surface area contributed by atoms with E-state index in [0.29, 0.717) is 10.7 Å². The van der Waals surface area contributed by atoms with Crippen LogP contribution in [0, 0.1) is 0 Å².